The average molecular weight is 369 g/mol. The second kappa shape index (κ2) is 11.3. The minimum atomic E-state index is -0.0417. The molecule has 0 amide bonds. The summed E-state index contributed by atoms with van der Waals surface area (Å²) in [7, 11) is 0. The number of benzene rings is 2. The predicted octanol–water partition coefficient (Wildman–Crippen LogP) is 6.05. The Morgan fingerprint density at radius 1 is 0.481 bits per heavy atom. The Bertz CT molecular complexity index is 552. The Kier molecular flexibility index (Phi) is 9.03. The Labute approximate surface area is 165 Å². The monoisotopic (exact) mass is 368 g/mol. The summed E-state index contributed by atoms with van der Waals surface area (Å²) in [5.74, 6) is 1.37. The molecule has 2 aromatic rings. The lowest BCUT2D eigenvalue weighted by Crippen LogP contribution is -2.16. The standard InChI is InChI=1S/2C12H16O.CH4/c2*13-12-8-6-11(7-9-12)10-4-2-1-3-5-10;/h2*1-5,11-13H,6-9H2;1H4. The number of aliphatic hydroxyl groups is 2. The van der Waals surface area contributed by atoms with Crippen LogP contribution in [0.3, 0.4) is 0 Å². The number of rotatable bonds is 2. The smallest absolute Gasteiger partial charge is 0.0540 e. The SMILES string of the molecule is C.OC1CCC(c2ccccc2)CC1.OC1CCC(c2ccccc2)CC1. The molecule has 2 aromatic carbocycles. The van der Waals surface area contributed by atoms with E-state index in [0.29, 0.717) is 11.8 Å². The maximum Gasteiger partial charge on any atom is 0.0540 e. The average Bonchev–Trinajstić information content (AvgIpc) is 2.71. The molecule has 0 saturated heterocycles. The molecule has 0 spiro atoms. The lowest BCUT2D eigenvalue weighted by molar-refractivity contribution is 0.122. The van der Waals surface area contributed by atoms with Crippen LogP contribution in [-0.4, -0.2) is 22.4 Å². The van der Waals surface area contributed by atoms with Gasteiger partial charge >= 0.3 is 0 Å². The number of hydrogen-bond acceptors (Lipinski definition) is 2. The van der Waals surface area contributed by atoms with Crippen LogP contribution in [0.2, 0.25) is 0 Å². The van der Waals surface area contributed by atoms with Crippen molar-refractivity contribution >= 4 is 0 Å². The molecule has 0 unspecified atom stereocenters. The Morgan fingerprint density at radius 3 is 1.07 bits per heavy atom. The summed E-state index contributed by atoms with van der Waals surface area (Å²) >= 11 is 0. The van der Waals surface area contributed by atoms with Crippen molar-refractivity contribution in [3.8, 4) is 0 Å². The van der Waals surface area contributed by atoms with E-state index in [-0.39, 0.29) is 19.6 Å². The molecule has 0 aliphatic heterocycles. The van der Waals surface area contributed by atoms with Crippen molar-refractivity contribution in [1.82, 2.24) is 0 Å². The second-order valence-electron chi connectivity index (χ2n) is 7.83. The van der Waals surface area contributed by atoms with Crippen LogP contribution in [0.1, 0.15) is 81.8 Å². The van der Waals surface area contributed by atoms with Crippen molar-refractivity contribution in [1.29, 1.82) is 0 Å². The fourth-order valence-corrected chi connectivity index (χ4v) is 4.27. The maximum atomic E-state index is 9.37. The molecule has 2 aliphatic carbocycles. The lowest BCUT2D eigenvalue weighted by Gasteiger charge is -2.25. The fraction of sp³-hybridized carbons (Fsp3) is 0.520. The van der Waals surface area contributed by atoms with Crippen LogP contribution in [0.25, 0.3) is 0 Å². The van der Waals surface area contributed by atoms with Crippen LogP contribution in [0.4, 0.5) is 0 Å². The summed E-state index contributed by atoms with van der Waals surface area (Å²) in [6, 6.07) is 21.3. The molecular weight excluding hydrogens is 332 g/mol. The molecule has 2 saturated carbocycles. The molecule has 0 atom stereocenters. The van der Waals surface area contributed by atoms with Crippen molar-refractivity contribution in [2.24, 2.45) is 0 Å². The van der Waals surface area contributed by atoms with Gasteiger partial charge in [-0.05, 0) is 74.3 Å². The van der Waals surface area contributed by atoms with Crippen molar-refractivity contribution < 1.29 is 10.2 Å². The van der Waals surface area contributed by atoms with Crippen LogP contribution in [-0.2, 0) is 0 Å². The van der Waals surface area contributed by atoms with E-state index in [4.69, 9.17) is 0 Å². The normalized spacial score (nSPS) is 27.6. The Hall–Kier alpha value is -1.64. The summed E-state index contributed by atoms with van der Waals surface area (Å²) < 4.78 is 0. The van der Waals surface area contributed by atoms with E-state index in [1.165, 1.54) is 11.1 Å². The van der Waals surface area contributed by atoms with Gasteiger partial charge in [0.2, 0.25) is 0 Å². The van der Waals surface area contributed by atoms with E-state index >= 15 is 0 Å². The minimum absolute atomic E-state index is 0. The third kappa shape index (κ3) is 6.79. The van der Waals surface area contributed by atoms with Crippen molar-refractivity contribution in [2.45, 2.75) is 82.8 Å². The first-order valence-corrected chi connectivity index (χ1v) is 10.2. The molecular formula is C25H36O2. The molecule has 148 valence electrons. The van der Waals surface area contributed by atoms with Gasteiger partial charge in [0.15, 0.2) is 0 Å². The molecule has 0 bridgehead atoms. The molecule has 0 heterocycles. The van der Waals surface area contributed by atoms with E-state index in [0.717, 1.165) is 51.4 Å². The van der Waals surface area contributed by atoms with E-state index in [1.54, 1.807) is 0 Å². The van der Waals surface area contributed by atoms with Gasteiger partial charge in [0.05, 0.1) is 12.2 Å². The zero-order chi connectivity index (χ0) is 18.2. The fourth-order valence-electron chi connectivity index (χ4n) is 4.27. The molecule has 0 radical (unpaired) electrons. The molecule has 2 aliphatic rings. The molecule has 2 nitrogen and oxygen atoms in total. The number of hydrogen-bond donors (Lipinski definition) is 2. The summed E-state index contributed by atoms with van der Waals surface area (Å²) in [6.45, 7) is 0. The van der Waals surface area contributed by atoms with E-state index in [9.17, 15) is 10.2 Å². The zero-order valence-electron chi connectivity index (χ0n) is 15.6. The Balaban J connectivity index is 0.000000187. The highest BCUT2D eigenvalue weighted by Gasteiger charge is 2.20. The maximum absolute atomic E-state index is 9.37. The van der Waals surface area contributed by atoms with Crippen molar-refractivity contribution in [3.63, 3.8) is 0 Å². The van der Waals surface area contributed by atoms with Crippen molar-refractivity contribution in [3.05, 3.63) is 71.8 Å². The largest absolute Gasteiger partial charge is 0.393 e. The topological polar surface area (TPSA) is 40.5 Å². The van der Waals surface area contributed by atoms with Gasteiger partial charge in [0.25, 0.3) is 0 Å². The third-order valence-corrected chi connectivity index (χ3v) is 5.94. The highest BCUT2D eigenvalue weighted by atomic mass is 16.3. The van der Waals surface area contributed by atoms with Gasteiger partial charge in [-0.2, -0.15) is 0 Å². The number of aliphatic hydroxyl groups excluding tert-OH is 2. The van der Waals surface area contributed by atoms with E-state index in [1.807, 2.05) is 0 Å². The first kappa shape index (κ1) is 21.7. The van der Waals surface area contributed by atoms with Crippen LogP contribution < -0.4 is 0 Å². The summed E-state index contributed by atoms with van der Waals surface area (Å²) in [5, 5.41) is 18.7. The zero-order valence-corrected chi connectivity index (χ0v) is 15.6. The molecule has 4 rings (SSSR count). The van der Waals surface area contributed by atoms with Crippen LogP contribution in [0.5, 0.6) is 0 Å². The Morgan fingerprint density at radius 2 is 0.778 bits per heavy atom. The lowest BCUT2D eigenvalue weighted by atomic mass is 9.83. The second-order valence-corrected chi connectivity index (χ2v) is 7.83. The molecule has 27 heavy (non-hydrogen) atoms. The minimum Gasteiger partial charge on any atom is -0.393 e. The summed E-state index contributed by atoms with van der Waals surface area (Å²) in [6.07, 6.45) is 8.38. The molecule has 2 fully saturated rings. The molecule has 2 heteroatoms. The summed E-state index contributed by atoms with van der Waals surface area (Å²) in [5.41, 5.74) is 2.88. The van der Waals surface area contributed by atoms with Crippen molar-refractivity contribution in [2.75, 3.05) is 0 Å². The van der Waals surface area contributed by atoms with Gasteiger partial charge in [-0.15, -0.1) is 0 Å². The highest BCUT2D eigenvalue weighted by molar-refractivity contribution is 5.20. The van der Waals surface area contributed by atoms with Gasteiger partial charge in [0.1, 0.15) is 0 Å². The van der Waals surface area contributed by atoms with Gasteiger partial charge in [0, 0.05) is 0 Å². The molecule has 2 N–H and O–H groups in total. The summed E-state index contributed by atoms with van der Waals surface area (Å²) in [4.78, 5) is 0. The third-order valence-electron chi connectivity index (χ3n) is 5.94. The molecule has 0 aromatic heterocycles. The quantitative estimate of drug-likeness (QED) is 0.678. The van der Waals surface area contributed by atoms with Gasteiger partial charge in [-0.3, -0.25) is 0 Å². The van der Waals surface area contributed by atoms with E-state index in [2.05, 4.69) is 60.7 Å². The van der Waals surface area contributed by atoms with Crippen LogP contribution >= 0.6 is 0 Å². The highest BCUT2D eigenvalue weighted by Crippen LogP contribution is 2.33. The first-order valence-electron chi connectivity index (χ1n) is 10.2. The van der Waals surface area contributed by atoms with Gasteiger partial charge < -0.3 is 10.2 Å². The predicted molar refractivity (Wildman–Crippen MR) is 114 cm³/mol. The van der Waals surface area contributed by atoms with Gasteiger partial charge in [-0.1, -0.05) is 68.1 Å². The van der Waals surface area contributed by atoms with Crippen LogP contribution in [0, 0.1) is 0 Å². The van der Waals surface area contributed by atoms with Gasteiger partial charge in [-0.25, -0.2) is 0 Å². The first-order chi connectivity index (χ1) is 12.7. The van der Waals surface area contributed by atoms with Crippen LogP contribution in [0.15, 0.2) is 60.7 Å². The van der Waals surface area contributed by atoms with E-state index < -0.39 is 0 Å².